The molecule has 1 aliphatic carbocycles. The van der Waals surface area contributed by atoms with Crippen LogP contribution in [0.15, 0.2) is 59.5 Å². The molecule has 0 aromatic heterocycles. The van der Waals surface area contributed by atoms with Crippen LogP contribution in [0.25, 0.3) is 0 Å². The molecule has 0 fully saturated rings. The number of benzene rings is 2. The number of allylic oxidation sites excluding steroid dienone is 1. The molecule has 0 N–H and O–H groups in total. The van der Waals surface area contributed by atoms with Crippen LogP contribution < -0.4 is 4.31 Å². The molecule has 124 valence electrons. The van der Waals surface area contributed by atoms with Gasteiger partial charge in [-0.1, -0.05) is 48.6 Å². The molecular formula is C20H21NO2S. The molecule has 0 bridgehead atoms. The standard InChI is InChI=1S/C20H21NO2S/c1-14-8-3-6-13-19(14)24(22,23)21-18-12-5-4-10-16(18)17-11-7-9-15(2)20(17)21/h3,5-9,11-13,16,18H,4,10H2,1-2H3. The Morgan fingerprint density at radius 1 is 1.00 bits per heavy atom. The highest BCUT2D eigenvalue weighted by Gasteiger charge is 2.45. The summed E-state index contributed by atoms with van der Waals surface area (Å²) in [6.45, 7) is 3.86. The van der Waals surface area contributed by atoms with E-state index < -0.39 is 10.0 Å². The maximum Gasteiger partial charge on any atom is 0.265 e. The van der Waals surface area contributed by atoms with Crippen molar-refractivity contribution in [2.45, 2.75) is 43.5 Å². The Kier molecular flexibility index (Phi) is 3.53. The number of anilines is 1. The highest BCUT2D eigenvalue weighted by Crippen LogP contribution is 2.49. The van der Waals surface area contributed by atoms with Crippen molar-refractivity contribution in [2.24, 2.45) is 0 Å². The molecule has 0 radical (unpaired) electrons. The van der Waals surface area contributed by atoms with Crippen molar-refractivity contribution in [3.8, 4) is 0 Å². The first-order valence-corrected chi connectivity index (χ1v) is 9.82. The lowest BCUT2D eigenvalue weighted by atomic mass is 9.86. The number of nitrogens with zero attached hydrogens (tertiary/aromatic N) is 1. The van der Waals surface area contributed by atoms with E-state index in [9.17, 15) is 8.42 Å². The molecule has 2 aromatic carbocycles. The number of aryl methyl sites for hydroxylation is 2. The van der Waals surface area contributed by atoms with Crippen LogP contribution in [0.3, 0.4) is 0 Å². The van der Waals surface area contributed by atoms with Crippen molar-refractivity contribution in [3.05, 3.63) is 71.3 Å². The van der Waals surface area contributed by atoms with E-state index in [4.69, 9.17) is 0 Å². The summed E-state index contributed by atoms with van der Waals surface area (Å²) in [4.78, 5) is 0.402. The van der Waals surface area contributed by atoms with Gasteiger partial charge in [0, 0.05) is 5.92 Å². The predicted octanol–water partition coefficient (Wildman–Crippen LogP) is 4.31. The Morgan fingerprint density at radius 2 is 1.75 bits per heavy atom. The molecule has 4 heteroatoms. The highest BCUT2D eigenvalue weighted by molar-refractivity contribution is 7.93. The zero-order valence-corrected chi connectivity index (χ0v) is 14.8. The highest BCUT2D eigenvalue weighted by atomic mass is 32.2. The number of fused-ring (bicyclic) bond motifs is 3. The maximum atomic E-state index is 13.5. The number of para-hydroxylation sites is 1. The number of sulfonamides is 1. The van der Waals surface area contributed by atoms with E-state index in [1.54, 1.807) is 16.4 Å². The van der Waals surface area contributed by atoms with Crippen LogP contribution >= 0.6 is 0 Å². The Labute approximate surface area is 143 Å². The average molecular weight is 339 g/mol. The topological polar surface area (TPSA) is 37.4 Å². The van der Waals surface area contributed by atoms with Gasteiger partial charge in [0.2, 0.25) is 0 Å². The summed E-state index contributed by atoms with van der Waals surface area (Å²) < 4.78 is 28.7. The predicted molar refractivity (Wildman–Crippen MR) is 96.9 cm³/mol. The lowest BCUT2D eigenvalue weighted by Crippen LogP contribution is -2.39. The van der Waals surface area contributed by atoms with Crippen molar-refractivity contribution in [2.75, 3.05) is 4.31 Å². The first kappa shape index (κ1) is 15.5. The molecule has 4 rings (SSSR count). The van der Waals surface area contributed by atoms with Gasteiger partial charge in [0.1, 0.15) is 0 Å². The average Bonchev–Trinajstić information content (AvgIpc) is 2.92. The van der Waals surface area contributed by atoms with E-state index in [0.717, 1.165) is 29.7 Å². The molecule has 1 heterocycles. The number of hydrogen-bond acceptors (Lipinski definition) is 2. The van der Waals surface area contributed by atoms with Gasteiger partial charge in [0.05, 0.1) is 16.6 Å². The van der Waals surface area contributed by atoms with Crippen LogP contribution in [0.1, 0.15) is 35.4 Å². The zero-order chi connectivity index (χ0) is 16.9. The van der Waals surface area contributed by atoms with Crippen molar-refractivity contribution in [3.63, 3.8) is 0 Å². The third-order valence-corrected chi connectivity index (χ3v) is 7.14. The van der Waals surface area contributed by atoms with Crippen molar-refractivity contribution in [1.29, 1.82) is 0 Å². The molecular weight excluding hydrogens is 318 g/mol. The van der Waals surface area contributed by atoms with Gasteiger partial charge in [0.15, 0.2) is 0 Å². The van der Waals surface area contributed by atoms with Crippen molar-refractivity contribution < 1.29 is 8.42 Å². The van der Waals surface area contributed by atoms with E-state index in [2.05, 4.69) is 18.2 Å². The lowest BCUT2D eigenvalue weighted by molar-refractivity contribution is 0.553. The molecule has 1 aliphatic heterocycles. The molecule has 24 heavy (non-hydrogen) atoms. The van der Waals surface area contributed by atoms with E-state index in [1.807, 2.05) is 38.1 Å². The molecule has 0 amide bonds. The van der Waals surface area contributed by atoms with Crippen LogP contribution in [0.5, 0.6) is 0 Å². The van der Waals surface area contributed by atoms with Crippen LogP contribution in [0, 0.1) is 13.8 Å². The zero-order valence-electron chi connectivity index (χ0n) is 13.9. The first-order chi connectivity index (χ1) is 11.5. The van der Waals surface area contributed by atoms with Gasteiger partial charge < -0.3 is 0 Å². The normalized spacial score (nSPS) is 22.3. The monoisotopic (exact) mass is 339 g/mol. The molecule has 0 spiro atoms. The van der Waals surface area contributed by atoms with Crippen molar-refractivity contribution >= 4 is 15.7 Å². The van der Waals surface area contributed by atoms with Gasteiger partial charge in [0.25, 0.3) is 10.0 Å². The molecule has 3 nitrogen and oxygen atoms in total. The van der Waals surface area contributed by atoms with Crippen LogP contribution in [0.4, 0.5) is 5.69 Å². The quantitative estimate of drug-likeness (QED) is 0.764. The summed E-state index contributed by atoms with van der Waals surface area (Å²) in [6, 6.07) is 13.3. The van der Waals surface area contributed by atoms with Gasteiger partial charge in [-0.15, -0.1) is 0 Å². The second-order valence-electron chi connectivity index (χ2n) is 6.68. The smallest absolute Gasteiger partial charge is 0.258 e. The maximum absolute atomic E-state index is 13.5. The van der Waals surface area contributed by atoms with E-state index in [1.165, 1.54) is 5.56 Å². The third-order valence-electron chi connectivity index (χ3n) is 5.18. The summed E-state index contributed by atoms with van der Waals surface area (Å²) in [5, 5.41) is 0. The minimum atomic E-state index is -3.59. The summed E-state index contributed by atoms with van der Waals surface area (Å²) in [5.74, 6) is 0.253. The fourth-order valence-corrected chi connectivity index (χ4v) is 6.03. The van der Waals surface area contributed by atoms with Gasteiger partial charge >= 0.3 is 0 Å². The largest absolute Gasteiger partial charge is 0.265 e. The van der Waals surface area contributed by atoms with E-state index >= 15 is 0 Å². The van der Waals surface area contributed by atoms with E-state index in [-0.39, 0.29) is 12.0 Å². The van der Waals surface area contributed by atoms with E-state index in [0.29, 0.717) is 4.90 Å². The third kappa shape index (κ3) is 2.13. The summed E-state index contributed by atoms with van der Waals surface area (Å²) >= 11 is 0. The van der Waals surface area contributed by atoms with Crippen molar-refractivity contribution in [1.82, 2.24) is 0 Å². The minimum Gasteiger partial charge on any atom is -0.258 e. The second kappa shape index (κ2) is 5.49. The van der Waals surface area contributed by atoms with Gasteiger partial charge in [-0.2, -0.15) is 0 Å². The number of hydrogen-bond donors (Lipinski definition) is 0. The Morgan fingerprint density at radius 3 is 2.54 bits per heavy atom. The van der Waals surface area contributed by atoms with Gasteiger partial charge in [-0.05, 0) is 49.4 Å². The molecule has 2 aromatic rings. The fraction of sp³-hybridized carbons (Fsp3) is 0.300. The Hall–Kier alpha value is -2.07. The summed E-state index contributed by atoms with van der Waals surface area (Å²) in [6.07, 6.45) is 6.19. The van der Waals surface area contributed by atoms with Gasteiger partial charge in [-0.25, -0.2) is 8.42 Å². The lowest BCUT2D eigenvalue weighted by Gasteiger charge is -2.30. The Bertz CT molecular complexity index is 930. The van der Waals surface area contributed by atoms with Crippen LogP contribution in [-0.4, -0.2) is 14.5 Å². The fourth-order valence-electron chi connectivity index (χ4n) is 4.06. The summed E-state index contributed by atoms with van der Waals surface area (Å²) in [7, 11) is -3.59. The SMILES string of the molecule is Cc1ccccc1S(=O)(=O)N1c2c(C)cccc2C2CCC=CC21. The molecule has 2 aliphatic rings. The summed E-state index contributed by atoms with van der Waals surface area (Å²) in [5.41, 5.74) is 3.85. The molecule has 0 saturated heterocycles. The number of rotatable bonds is 2. The second-order valence-corrected chi connectivity index (χ2v) is 8.47. The molecule has 2 unspecified atom stereocenters. The van der Waals surface area contributed by atoms with Crippen LogP contribution in [0.2, 0.25) is 0 Å². The van der Waals surface area contributed by atoms with Gasteiger partial charge in [-0.3, -0.25) is 4.31 Å². The molecule has 2 atom stereocenters. The Balaban J connectivity index is 1.96. The van der Waals surface area contributed by atoms with Crippen LogP contribution in [-0.2, 0) is 10.0 Å². The minimum absolute atomic E-state index is 0.112. The molecule has 0 saturated carbocycles. The first-order valence-electron chi connectivity index (χ1n) is 8.38.